The van der Waals surface area contributed by atoms with Gasteiger partial charge in [0.15, 0.2) is 11.2 Å². The van der Waals surface area contributed by atoms with Gasteiger partial charge in [0.1, 0.15) is 11.9 Å². The second-order valence-corrected chi connectivity index (χ2v) is 5.72. The molecule has 0 radical (unpaired) electrons. The highest BCUT2D eigenvalue weighted by molar-refractivity contribution is 5.35. The number of aryl methyl sites for hydroxylation is 2. The first-order valence-corrected chi connectivity index (χ1v) is 7.59. The summed E-state index contributed by atoms with van der Waals surface area (Å²) < 4.78 is 20.6. The van der Waals surface area contributed by atoms with Crippen LogP contribution in [0.25, 0.3) is 0 Å². The Morgan fingerprint density at radius 2 is 2.22 bits per heavy atom. The van der Waals surface area contributed by atoms with Gasteiger partial charge in [0.2, 0.25) is 0 Å². The van der Waals surface area contributed by atoms with Gasteiger partial charge in [0, 0.05) is 19.3 Å². The number of rotatable bonds is 2. The summed E-state index contributed by atoms with van der Waals surface area (Å²) in [6, 6.07) is 8.70. The van der Waals surface area contributed by atoms with Gasteiger partial charge in [-0.25, -0.2) is 4.39 Å². The van der Waals surface area contributed by atoms with Gasteiger partial charge in [-0.05, 0) is 42.5 Å². The van der Waals surface area contributed by atoms with Gasteiger partial charge < -0.3 is 9.30 Å². The minimum absolute atomic E-state index is 0.0209. The largest absolute Gasteiger partial charge is 0.493 e. The highest BCUT2D eigenvalue weighted by atomic mass is 19.1. The maximum absolute atomic E-state index is 13.4. The number of ether oxygens (including phenoxy) is 1. The van der Waals surface area contributed by atoms with E-state index in [1.165, 1.54) is 6.07 Å². The average Bonchev–Trinajstić information content (AvgIpc) is 2.56. The minimum Gasteiger partial charge on any atom is -0.493 e. The second kappa shape index (κ2) is 6.25. The summed E-state index contributed by atoms with van der Waals surface area (Å²) in [7, 11) is 3.41. The number of nitrogens with zero attached hydrogens (tertiary/aromatic N) is 3. The van der Waals surface area contributed by atoms with Crippen molar-refractivity contribution in [1.29, 1.82) is 5.26 Å². The number of methoxy groups -OCH3 is 1. The lowest BCUT2D eigenvalue weighted by Gasteiger charge is -2.22. The summed E-state index contributed by atoms with van der Waals surface area (Å²) in [5.41, 5.74) is 3.31. The van der Waals surface area contributed by atoms with Crippen LogP contribution in [0.15, 0.2) is 35.5 Å². The fourth-order valence-corrected chi connectivity index (χ4v) is 3.09. The van der Waals surface area contributed by atoms with E-state index < -0.39 is 0 Å². The van der Waals surface area contributed by atoms with Gasteiger partial charge in [0.25, 0.3) is 0 Å². The number of hydrogen-bond donors (Lipinski definition) is 0. The topological polar surface area (TPSA) is 50.3 Å². The monoisotopic (exact) mass is 311 g/mol. The van der Waals surface area contributed by atoms with Crippen molar-refractivity contribution in [3.05, 3.63) is 58.5 Å². The van der Waals surface area contributed by atoms with Gasteiger partial charge in [-0.3, -0.25) is 4.99 Å². The fraction of sp³-hybridized carbons (Fsp3) is 0.333. The molecule has 5 heteroatoms. The normalized spacial score (nSPS) is 17.5. The van der Waals surface area contributed by atoms with Crippen LogP contribution in [0.5, 0.6) is 5.75 Å². The first kappa shape index (κ1) is 15.3. The Bertz CT molecular complexity index is 848. The summed E-state index contributed by atoms with van der Waals surface area (Å²) in [6.07, 6.45) is 4.51. The molecule has 118 valence electrons. The molecule has 1 unspecified atom stereocenters. The van der Waals surface area contributed by atoms with Crippen molar-refractivity contribution < 1.29 is 9.13 Å². The molecule has 0 aliphatic heterocycles. The van der Waals surface area contributed by atoms with Crippen LogP contribution in [0.4, 0.5) is 4.39 Å². The van der Waals surface area contributed by atoms with Crippen molar-refractivity contribution in [1.82, 2.24) is 4.57 Å². The molecule has 1 heterocycles. The van der Waals surface area contributed by atoms with Crippen molar-refractivity contribution >= 4 is 0 Å². The Morgan fingerprint density at radius 3 is 2.96 bits per heavy atom. The van der Waals surface area contributed by atoms with Crippen LogP contribution in [0.1, 0.15) is 35.6 Å². The quantitative estimate of drug-likeness (QED) is 0.856. The molecule has 1 aromatic carbocycles. The minimum atomic E-state index is -0.203. The van der Waals surface area contributed by atoms with E-state index in [9.17, 15) is 4.39 Å². The van der Waals surface area contributed by atoms with Crippen LogP contribution < -0.4 is 10.2 Å². The van der Waals surface area contributed by atoms with Crippen LogP contribution in [-0.2, 0) is 13.5 Å². The summed E-state index contributed by atoms with van der Waals surface area (Å²) >= 11 is 0. The number of hydrogen-bond acceptors (Lipinski definition) is 3. The Morgan fingerprint density at radius 1 is 1.39 bits per heavy atom. The molecule has 1 aliphatic carbocycles. The highest BCUT2D eigenvalue weighted by Crippen LogP contribution is 2.32. The van der Waals surface area contributed by atoms with Crippen molar-refractivity contribution in [2.75, 3.05) is 7.11 Å². The maximum atomic E-state index is 13.4. The Balaban J connectivity index is 2.12. The Kier molecular flexibility index (Phi) is 4.16. The number of fused-ring (bicyclic) bond motifs is 1. The zero-order valence-corrected chi connectivity index (χ0v) is 13.2. The maximum Gasteiger partial charge on any atom is 0.171 e. The van der Waals surface area contributed by atoms with Crippen molar-refractivity contribution in [2.24, 2.45) is 12.0 Å². The number of aromatic nitrogens is 1. The lowest BCUT2D eigenvalue weighted by atomic mass is 9.88. The Labute approximate surface area is 134 Å². The first-order valence-electron chi connectivity index (χ1n) is 7.59. The van der Waals surface area contributed by atoms with Crippen LogP contribution in [0.3, 0.4) is 0 Å². The summed E-state index contributed by atoms with van der Waals surface area (Å²) in [6.45, 7) is 0. The Hall–Kier alpha value is -2.61. The number of halogens is 1. The standard InChI is InChI=1S/C18H18FN3O/c1-22-11-12(10-20)8-17(23-2)18(22)21-16-5-3-4-13-9-14(19)6-7-15(13)16/h6-9,11,16H,3-5H2,1-2H3/b21-18-. The van der Waals surface area contributed by atoms with Crippen LogP contribution in [0.2, 0.25) is 0 Å². The predicted molar refractivity (Wildman–Crippen MR) is 84.3 cm³/mol. The molecule has 0 N–H and O–H groups in total. The van der Waals surface area contributed by atoms with Gasteiger partial charge in [-0.15, -0.1) is 0 Å². The average molecular weight is 311 g/mol. The molecule has 0 spiro atoms. The van der Waals surface area contributed by atoms with Crippen LogP contribution in [0, 0.1) is 17.1 Å². The highest BCUT2D eigenvalue weighted by Gasteiger charge is 2.20. The van der Waals surface area contributed by atoms with Gasteiger partial charge in [-0.1, -0.05) is 6.07 Å². The van der Waals surface area contributed by atoms with E-state index in [-0.39, 0.29) is 11.9 Å². The molecule has 0 bridgehead atoms. The van der Waals surface area contributed by atoms with Crippen LogP contribution in [-0.4, -0.2) is 11.7 Å². The summed E-state index contributed by atoms with van der Waals surface area (Å²) in [4.78, 5) is 4.84. The lowest BCUT2D eigenvalue weighted by molar-refractivity contribution is 0.399. The molecule has 0 amide bonds. The molecule has 2 aromatic rings. The molecule has 1 aliphatic rings. The smallest absolute Gasteiger partial charge is 0.171 e. The summed E-state index contributed by atoms with van der Waals surface area (Å²) in [5, 5.41) is 9.07. The molecule has 23 heavy (non-hydrogen) atoms. The third kappa shape index (κ3) is 2.98. The van der Waals surface area contributed by atoms with E-state index in [0.717, 1.165) is 30.4 Å². The van der Waals surface area contributed by atoms with Crippen molar-refractivity contribution in [2.45, 2.75) is 25.3 Å². The van der Waals surface area contributed by atoms with E-state index in [1.54, 1.807) is 30.0 Å². The lowest BCUT2D eigenvalue weighted by Crippen LogP contribution is -2.22. The molecule has 1 aromatic heterocycles. The molecule has 0 saturated carbocycles. The van der Waals surface area contributed by atoms with E-state index in [2.05, 4.69) is 6.07 Å². The third-order valence-electron chi connectivity index (χ3n) is 4.19. The fourth-order valence-electron chi connectivity index (χ4n) is 3.09. The van der Waals surface area contributed by atoms with Crippen molar-refractivity contribution in [3.63, 3.8) is 0 Å². The van der Waals surface area contributed by atoms with E-state index in [0.29, 0.717) is 16.8 Å². The predicted octanol–water partition coefficient (Wildman–Crippen LogP) is 3.02. The molecule has 0 fully saturated rings. The molecular weight excluding hydrogens is 293 g/mol. The van der Waals surface area contributed by atoms with E-state index >= 15 is 0 Å². The second-order valence-electron chi connectivity index (χ2n) is 5.72. The van der Waals surface area contributed by atoms with Crippen molar-refractivity contribution in [3.8, 4) is 11.8 Å². The summed E-state index contributed by atoms with van der Waals surface area (Å²) in [5.74, 6) is 0.367. The van der Waals surface area contributed by atoms with Gasteiger partial charge >= 0.3 is 0 Å². The molecule has 0 saturated heterocycles. The number of benzene rings is 1. The van der Waals surface area contributed by atoms with Gasteiger partial charge in [0.05, 0.1) is 18.7 Å². The molecule has 3 rings (SSSR count). The van der Waals surface area contributed by atoms with E-state index in [4.69, 9.17) is 15.0 Å². The third-order valence-corrected chi connectivity index (χ3v) is 4.19. The zero-order chi connectivity index (χ0) is 16.4. The van der Waals surface area contributed by atoms with Crippen LogP contribution >= 0.6 is 0 Å². The molecule has 1 atom stereocenters. The zero-order valence-electron chi connectivity index (χ0n) is 13.2. The number of nitriles is 1. The SMILES string of the molecule is COc1cc(C#N)cn(C)/c1=N\C1CCCc2cc(F)ccc21. The molecular formula is C18H18FN3O. The first-order chi connectivity index (χ1) is 11.1. The van der Waals surface area contributed by atoms with Gasteiger partial charge in [-0.2, -0.15) is 5.26 Å². The van der Waals surface area contributed by atoms with E-state index in [1.807, 2.05) is 13.1 Å². The number of pyridine rings is 1. The molecule has 4 nitrogen and oxygen atoms in total.